The first-order valence-electron chi connectivity index (χ1n) is 11.1. The minimum absolute atomic E-state index is 0.0234. The van der Waals surface area contributed by atoms with Crippen LogP contribution in [0.2, 0.25) is 0 Å². The summed E-state index contributed by atoms with van der Waals surface area (Å²) in [6.07, 6.45) is 2.09. The van der Waals surface area contributed by atoms with Gasteiger partial charge in [-0.2, -0.15) is 5.10 Å². The van der Waals surface area contributed by atoms with Crippen molar-refractivity contribution in [1.29, 1.82) is 0 Å². The lowest BCUT2D eigenvalue weighted by molar-refractivity contribution is 0.111. The van der Waals surface area contributed by atoms with Crippen molar-refractivity contribution in [2.75, 3.05) is 5.73 Å². The van der Waals surface area contributed by atoms with Gasteiger partial charge in [-0.25, -0.2) is 22.1 Å². The molecular formula is C26H20N6O3S. The molecule has 6 aromatic rings. The van der Waals surface area contributed by atoms with E-state index in [4.69, 9.17) is 5.73 Å². The van der Waals surface area contributed by atoms with E-state index in [1.54, 1.807) is 53.3 Å². The van der Waals surface area contributed by atoms with Crippen molar-refractivity contribution in [2.45, 2.75) is 11.8 Å². The molecule has 0 saturated heterocycles. The lowest BCUT2D eigenvalue weighted by Crippen LogP contribution is -2.15. The number of aromatic amines is 1. The highest BCUT2D eigenvalue weighted by Gasteiger charge is 2.29. The van der Waals surface area contributed by atoms with Crippen molar-refractivity contribution in [2.24, 2.45) is 0 Å². The summed E-state index contributed by atoms with van der Waals surface area (Å²) in [5.41, 5.74) is 10.1. The molecule has 0 spiro atoms. The number of benzene rings is 3. The largest absolute Gasteiger partial charge is 0.383 e. The van der Waals surface area contributed by atoms with Crippen LogP contribution in [-0.2, 0) is 10.0 Å². The number of aldehydes is 1. The number of carbonyl (C=O) groups excluding carboxylic acids is 1. The predicted molar refractivity (Wildman–Crippen MR) is 138 cm³/mol. The first-order valence-corrected chi connectivity index (χ1v) is 12.5. The zero-order chi connectivity index (χ0) is 25.0. The van der Waals surface area contributed by atoms with Crippen LogP contribution < -0.4 is 5.73 Å². The van der Waals surface area contributed by atoms with Crippen LogP contribution in [0.3, 0.4) is 0 Å². The molecule has 3 aromatic carbocycles. The van der Waals surface area contributed by atoms with Gasteiger partial charge in [0, 0.05) is 16.5 Å². The fourth-order valence-corrected chi connectivity index (χ4v) is 6.11. The van der Waals surface area contributed by atoms with Gasteiger partial charge in [-0.3, -0.25) is 4.79 Å². The Kier molecular flexibility index (Phi) is 4.80. The summed E-state index contributed by atoms with van der Waals surface area (Å²) in [4.78, 5) is 20.2. The monoisotopic (exact) mass is 496 g/mol. The number of para-hydroxylation sites is 1. The van der Waals surface area contributed by atoms with Crippen molar-refractivity contribution in [3.05, 3.63) is 90.5 Å². The van der Waals surface area contributed by atoms with Crippen molar-refractivity contribution in [3.63, 3.8) is 0 Å². The number of nitrogen functional groups attached to an aromatic ring is 1. The highest BCUT2D eigenvalue weighted by Crippen LogP contribution is 2.39. The molecule has 0 bridgehead atoms. The second-order valence-corrected chi connectivity index (χ2v) is 10.1. The summed E-state index contributed by atoms with van der Waals surface area (Å²) in [7, 11) is -4.07. The lowest BCUT2D eigenvalue weighted by atomic mass is 10.0. The van der Waals surface area contributed by atoms with E-state index in [9.17, 15) is 13.2 Å². The topological polar surface area (TPSA) is 129 Å². The van der Waals surface area contributed by atoms with Gasteiger partial charge in [-0.05, 0) is 43.3 Å². The summed E-state index contributed by atoms with van der Waals surface area (Å²) in [6.45, 7) is 1.88. The second kappa shape index (κ2) is 7.92. The van der Waals surface area contributed by atoms with Gasteiger partial charge in [0.15, 0.2) is 6.29 Å². The Morgan fingerprint density at radius 2 is 1.75 bits per heavy atom. The fourth-order valence-electron chi connectivity index (χ4n) is 4.59. The van der Waals surface area contributed by atoms with E-state index in [1.807, 2.05) is 25.1 Å². The van der Waals surface area contributed by atoms with Crippen molar-refractivity contribution in [3.8, 4) is 16.8 Å². The van der Waals surface area contributed by atoms with Crippen LogP contribution in [0.5, 0.6) is 0 Å². The molecule has 0 aliphatic rings. The van der Waals surface area contributed by atoms with Crippen LogP contribution >= 0.6 is 0 Å². The molecule has 6 rings (SSSR count). The molecule has 0 aliphatic carbocycles. The third-order valence-electron chi connectivity index (χ3n) is 6.17. The Hall–Kier alpha value is -4.70. The molecule has 3 aromatic heterocycles. The van der Waals surface area contributed by atoms with Crippen LogP contribution in [-0.4, -0.2) is 38.4 Å². The Balaban J connectivity index is 1.60. The maximum atomic E-state index is 13.7. The van der Waals surface area contributed by atoms with Gasteiger partial charge >= 0.3 is 0 Å². The molecule has 178 valence electrons. The quantitative estimate of drug-likeness (QED) is 0.342. The normalized spacial score (nSPS) is 11.9. The van der Waals surface area contributed by atoms with Gasteiger partial charge in [0.1, 0.15) is 17.3 Å². The van der Waals surface area contributed by atoms with E-state index in [0.29, 0.717) is 34.0 Å². The number of fused-ring (bicyclic) bond motifs is 2. The number of nitrogens with zero attached hydrogens (tertiary/aromatic N) is 4. The van der Waals surface area contributed by atoms with E-state index in [0.717, 1.165) is 20.8 Å². The molecule has 9 nitrogen and oxygen atoms in total. The van der Waals surface area contributed by atoms with E-state index < -0.39 is 10.0 Å². The van der Waals surface area contributed by atoms with Crippen LogP contribution in [0.15, 0.2) is 83.9 Å². The maximum absolute atomic E-state index is 13.7. The molecule has 3 heterocycles. The molecule has 0 aliphatic heterocycles. The van der Waals surface area contributed by atoms with E-state index in [1.165, 1.54) is 12.1 Å². The van der Waals surface area contributed by atoms with E-state index in [2.05, 4.69) is 15.1 Å². The zero-order valence-corrected chi connectivity index (χ0v) is 19.9. The number of anilines is 1. The number of nitrogens with one attached hydrogen (secondary N) is 1. The van der Waals surface area contributed by atoms with E-state index in [-0.39, 0.29) is 16.4 Å². The van der Waals surface area contributed by atoms with Crippen LogP contribution in [0.1, 0.15) is 16.3 Å². The molecule has 0 atom stereocenters. The average Bonchev–Trinajstić information content (AvgIpc) is 3.55. The summed E-state index contributed by atoms with van der Waals surface area (Å²) < 4.78 is 29.9. The summed E-state index contributed by atoms with van der Waals surface area (Å²) >= 11 is 0. The fraction of sp³-hybridized carbons (Fsp3) is 0.0385. The number of nitrogens with two attached hydrogens (primary N) is 1. The highest BCUT2D eigenvalue weighted by atomic mass is 32.2. The Bertz CT molecular complexity index is 1900. The predicted octanol–water partition coefficient (Wildman–Crippen LogP) is 4.31. The number of aryl methyl sites for hydroxylation is 1. The number of H-pyrrole nitrogens is 1. The SMILES string of the molecule is Cc1nc2cc(-n3ncc(-c4c(C=O)n(S(=O)(=O)c5ccccc5)c5ccccc45)c3N)ccc2[nH]1. The smallest absolute Gasteiger partial charge is 0.268 e. The molecule has 36 heavy (non-hydrogen) atoms. The van der Waals surface area contributed by atoms with Gasteiger partial charge in [-0.1, -0.05) is 36.4 Å². The highest BCUT2D eigenvalue weighted by molar-refractivity contribution is 7.90. The lowest BCUT2D eigenvalue weighted by Gasteiger charge is -2.10. The van der Waals surface area contributed by atoms with Crippen LogP contribution in [0.4, 0.5) is 5.82 Å². The summed E-state index contributed by atoms with van der Waals surface area (Å²) in [5.74, 6) is 1.06. The molecule has 0 fully saturated rings. The summed E-state index contributed by atoms with van der Waals surface area (Å²) in [6, 6.07) is 20.6. The van der Waals surface area contributed by atoms with Crippen molar-refractivity contribution < 1.29 is 13.2 Å². The Morgan fingerprint density at radius 1 is 1.00 bits per heavy atom. The van der Waals surface area contributed by atoms with Gasteiger partial charge in [0.2, 0.25) is 0 Å². The van der Waals surface area contributed by atoms with Gasteiger partial charge in [0.05, 0.1) is 33.3 Å². The molecule has 10 heteroatoms. The molecule has 3 N–H and O–H groups in total. The Morgan fingerprint density at radius 3 is 2.53 bits per heavy atom. The minimum atomic E-state index is -4.07. The standard InChI is InChI=1S/C26H20N6O3S/c1-16-29-21-12-11-17(13-22(21)30-16)31-26(27)20(14-28-31)25-19-9-5-6-10-23(19)32(24(25)15-33)36(34,35)18-7-3-2-4-8-18/h2-15H,27H2,1H3,(H,29,30). The molecular weight excluding hydrogens is 476 g/mol. The van der Waals surface area contributed by atoms with Crippen LogP contribution in [0.25, 0.3) is 38.8 Å². The number of hydrogen-bond donors (Lipinski definition) is 2. The summed E-state index contributed by atoms with van der Waals surface area (Å²) in [5, 5.41) is 5.04. The zero-order valence-electron chi connectivity index (χ0n) is 19.1. The van der Waals surface area contributed by atoms with Crippen molar-refractivity contribution in [1.82, 2.24) is 23.7 Å². The molecule has 0 amide bonds. The second-order valence-electron chi connectivity index (χ2n) is 8.36. The third-order valence-corrected chi connectivity index (χ3v) is 7.91. The third kappa shape index (κ3) is 3.15. The van der Waals surface area contributed by atoms with Gasteiger partial charge in [0.25, 0.3) is 10.0 Å². The molecule has 0 saturated carbocycles. The number of rotatable bonds is 5. The molecule has 0 unspecified atom stereocenters. The molecule has 0 radical (unpaired) electrons. The maximum Gasteiger partial charge on any atom is 0.268 e. The van der Waals surface area contributed by atoms with Crippen molar-refractivity contribution >= 4 is 44.1 Å². The number of hydrogen-bond acceptors (Lipinski definition) is 6. The van der Waals surface area contributed by atoms with Gasteiger partial charge < -0.3 is 10.7 Å². The van der Waals surface area contributed by atoms with E-state index >= 15 is 0 Å². The first-order chi connectivity index (χ1) is 17.4. The van der Waals surface area contributed by atoms with Gasteiger partial charge in [-0.15, -0.1) is 0 Å². The first kappa shape index (κ1) is 21.8. The number of carbonyl (C=O) groups is 1. The minimum Gasteiger partial charge on any atom is -0.383 e. The number of aromatic nitrogens is 5. The average molecular weight is 497 g/mol. The Labute approximate surface area is 205 Å². The number of imidazole rings is 1. The van der Waals surface area contributed by atoms with Crippen LogP contribution in [0, 0.1) is 6.92 Å².